The predicted octanol–water partition coefficient (Wildman–Crippen LogP) is 3.35. The number of esters is 1. The second-order valence-electron chi connectivity index (χ2n) is 7.70. The second-order valence-corrected chi connectivity index (χ2v) is 9.94. The molecule has 0 saturated carbocycles. The summed E-state index contributed by atoms with van der Waals surface area (Å²) in [6, 6.07) is 1.88. The lowest BCUT2D eigenvalue weighted by molar-refractivity contribution is -0.119. The normalized spacial score (nSPS) is 14.6. The zero-order valence-electron chi connectivity index (χ0n) is 17.5. The van der Waals surface area contributed by atoms with E-state index in [1.165, 1.54) is 33.1 Å². The van der Waals surface area contributed by atoms with Crippen LogP contribution in [0.2, 0.25) is 0 Å². The number of carbonyl (C=O) groups excluding carboxylic acids is 3. The van der Waals surface area contributed by atoms with Crippen LogP contribution < -0.4 is 10.6 Å². The summed E-state index contributed by atoms with van der Waals surface area (Å²) in [6.45, 7) is 0.437. The highest BCUT2D eigenvalue weighted by Crippen LogP contribution is 2.38. The van der Waals surface area contributed by atoms with Crippen molar-refractivity contribution in [1.29, 1.82) is 0 Å². The van der Waals surface area contributed by atoms with Gasteiger partial charge in [0.1, 0.15) is 9.88 Å². The molecule has 0 atom stereocenters. The fourth-order valence-corrected chi connectivity index (χ4v) is 6.49. The van der Waals surface area contributed by atoms with Crippen LogP contribution in [0.3, 0.4) is 0 Å². The number of carbonyl (C=O) groups is 3. The van der Waals surface area contributed by atoms with E-state index in [1.54, 1.807) is 7.11 Å². The minimum absolute atomic E-state index is 0.211. The molecule has 0 aliphatic heterocycles. The molecule has 2 aromatic rings. The van der Waals surface area contributed by atoms with Crippen molar-refractivity contribution in [3.8, 4) is 0 Å². The van der Waals surface area contributed by atoms with Crippen LogP contribution in [0.5, 0.6) is 0 Å². The molecule has 9 heteroatoms. The van der Waals surface area contributed by atoms with Crippen LogP contribution in [0, 0.1) is 0 Å². The Morgan fingerprint density at radius 1 is 1.03 bits per heavy atom. The van der Waals surface area contributed by atoms with Gasteiger partial charge in [-0.3, -0.25) is 9.59 Å². The van der Waals surface area contributed by atoms with Crippen molar-refractivity contribution in [3.05, 3.63) is 37.4 Å². The lowest BCUT2D eigenvalue weighted by Crippen LogP contribution is -2.29. The number of aryl methyl sites for hydroxylation is 3. The monoisotopic (exact) mass is 462 g/mol. The van der Waals surface area contributed by atoms with Crippen molar-refractivity contribution in [2.75, 3.05) is 32.2 Å². The number of methoxy groups -OCH3 is 1. The van der Waals surface area contributed by atoms with Gasteiger partial charge in [0, 0.05) is 23.4 Å². The summed E-state index contributed by atoms with van der Waals surface area (Å²) < 4.78 is 10.2. The topological polar surface area (TPSA) is 93.7 Å². The number of anilines is 1. The number of amides is 2. The molecule has 0 aromatic carbocycles. The third kappa shape index (κ3) is 4.99. The number of rotatable bonds is 8. The summed E-state index contributed by atoms with van der Waals surface area (Å²) in [5.74, 6) is -1.13. The fraction of sp³-hybridized carbons (Fsp3) is 0.500. The zero-order valence-corrected chi connectivity index (χ0v) is 19.1. The molecule has 31 heavy (non-hydrogen) atoms. The summed E-state index contributed by atoms with van der Waals surface area (Å²) in [5.41, 5.74) is 2.77. The Balaban J connectivity index is 1.40. The summed E-state index contributed by atoms with van der Waals surface area (Å²) in [4.78, 5) is 40.5. The lowest BCUT2D eigenvalue weighted by Gasteiger charge is -2.13. The maximum Gasteiger partial charge on any atom is 0.348 e. The quantitative estimate of drug-likeness (QED) is 0.464. The van der Waals surface area contributed by atoms with Crippen LogP contribution in [0.1, 0.15) is 60.2 Å². The number of nitrogens with one attached hydrogen (secondary N) is 2. The van der Waals surface area contributed by atoms with Crippen LogP contribution in [0.4, 0.5) is 5.00 Å². The van der Waals surface area contributed by atoms with Crippen molar-refractivity contribution >= 4 is 45.5 Å². The maximum atomic E-state index is 12.8. The SMILES string of the molecule is COCCNC(=O)c1c(NC(=O)COC(=O)c2cc3c(s2)CCC3)sc2c1CCCC2. The van der Waals surface area contributed by atoms with E-state index in [1.807, 2.05) is 6.07 Å². The summed E-state index contributed by atoms with van der Waals surface area (Å²) in [5, 5.41) is 6.17. The minimum Gasteiger partial charge on any atom is -0.451 e. The molecule has 0 fully saturated rings. The number of hydrogen-bond acceptors (Lipinski definition) is 7. The van der Waals surface area contributed by atoms with Crippen LogP contribution in [-0.4, -0.2) is 44.7 Å². The number of hydrogen-bond donors (Lipinski definition) is 2. The van der Waals surface area contributed by atoms with Gasteiger partial charge in [0.05, 0.1) is 12.2 Å². The Hall–Kier alpha value is -2.23. The molecule has 2 heterocycles. The smallest absolute Gasteiger partial charge is 0.348 e. The van der Waals surface area contributed by atoms with Crippen molar-refractivity contribution in [1.82, 2.24) is 5.32 Å². The van der Waals surface area contributed by atoms with Crippen molar-refractivity contribution < 1.29 is 23.9 Å². The standard InChI is InChI=1S/C22H26N2O5S2/c1-28-10-9-23-20(26)19-14-6-2-3-7-16(14)31-21(19)24-18(25)12-29-22(27)17-11-13-5-4-8-15(13)30-17/h11H,2-10,12H2,1H3,(H,23,26)(H,24,25). The highest BCUT2D eigenvalue weighted by Gasteiger charge is 2.27. The molecule has 0 spiro atoms. The summed E-state index contributed by atoms with van der Waals surface area (Å²) >= 11 is 2.89. The number of thiophene rings is 2. The van der Waals surface area contributed by atoms with Gasteiger partial charge >= 0.3 is 5.97 Å². The largest absolute Gasteiger partial charge is 0.451 e. The van der Waals surface area contributed by atoms with Gasteiger partial charge in [-0.1, -0.05) is 0 Å². The van der Waals surface area contributed by atoms with Crippen LogP contribution >= 0.6 is 22.7 Å². The minimum atomic E-state index is -0.474. The first-order valence-corrected chi connectivity index (χ1v) is 12.2. The summed E-state index contributed by atoms with van der Waals surface area (Å²) in [6.07, 6.45) is 6.97. The molecule has 166 valence electrons. The molecule has 0 saturated heterocycles. The Kier molecular flexibility index (Phi) is 7.04. The van der Waals surface area contributed by atoms with E-state index in [4.69, 9.17) is 9.47 Å². The average Bonchev–Trinajstić information content (AvgIpc) is 3.45. The van der Waals surface area contributed by atoms with Crippen LogP contribution in [-0.2, 0) is 40.0 Å². The van der Waals surface area contributed by atoms with Crippen molar-refractivity contribution in [2.45, 2.75) is 44.9 Å². The maximum absolute atomic E-state index is 12.8. The van der Waals surface area contributed by atoms with Gasteiger partial charge in [-0.15, -0.1) is 22.7 Å². The molecule has 0 bridgehead atoms. The van der Waals surface area contributed by atoms with E-state index in [9.17, 15) is 14.4 Å². The summed E-state index contributed by atoms with van der Waals surface area (Å²) in [7, 11) is 1.58. The Morgan fingerprint density at radius 2 is 1.84 bits per heavy atom. The van der Waals surface area contributed by atoms with E-state index in [-0.39, 0.29) is 12.5 Å². The van der Waals surface area contributed by atoms with E-state index >= 15 is 0 Å². The lowest BCUT2D eigenvalue weighted by atomic mass is 9.95. The first kappa shape index (κ1) is 22.0. The molecule has 2 N–H and O–H groups in total. The van der Waals surface area contributed by atoms with Crippen molar-refractivity contribution in [2.24, 2.45) is 0 Å². The number of ether oxygens (including phenoxy) is 2. The van der Waals surface area contributed by atoms with Crippen LogP contribution in [0.25, 0.3) is 0 Å². The highest BCUT2D eigenvalue weighted by atomic mass is 32.1. The fourth-order valence-electron chi connectivity index (χ4n) is 4.04. The molecule has 2 aromatic heterocycles. The predicted molar refractivity (Wildman–Crippen MR) is 120 cm³/mol. The molecule has 2 aliphatic carbocycles. The molecule has 0 radical (unpaired) electrons. The van der Waals surface area contributed by atoms with Gasteiger partial charge < -0.3 is 20.1 Å². The highest BCUT2D eigenvalue weighted by molar-refractivity contribution is 7.17. The van der Waals surface area contributed by atoms with E-state index in [2.05, 4.69) is 10.6 Å². The third-order valence-electron chi connectivity index (χ3n) is 5.53. The number of fused-ring (bicyclic) bond motifs is 2. The molecule has 2 amide bonds. The zero-order chi connectivity index (χ0) is 21.8. The van der Waals surface area contributed by atoms with Gasteiger partial charge in [-0.25, -0.2) is 4.79 Å². The third-order valence-corrected chi connectivity index (χ3v) is 7.95. The molecular weight excluding hydrogens is 436 g/mol. The average molecular weight is 463 g/mol. The van der Waals surface area contributed by atoms with Gasteiger partial charge in [0.15, 0.2) is 6.61 Å². The molecule has 4 rings (SSSR count). The molecule has 0 unspecified atom stereocenters. The molecular formula is C22H26N2O5S2. The molecule has 2 aliphatic rings. The molecule has 7 nitrogen and oxygen atoms in total. The Labute approximate surface area is 189 Å². The second kappa shape index (κ2) is 9.93. The van der Waals surface area contributed by atoms with E-state index < -0.39 is 11.9 Å². The van der Waals surface area contributed by atoms with Gasteiger partial charge in [-0.2, -0.15) is 0 Å². The first-order chi connectivity index (χ1) is 15.1. The van der Waals surface area contributed by atoms with E-state index in [0.29, 0.717) is 28.6 Å². The van der Waals surface area contributed by atoms with Crippen LogP contribution in [0.15, 0.2) is 6.07 Å². The Morgan fingerprint density at radius 3 is 2.65 bits per heavy atom. The first-order valence-electron chi connectivity index (χ1n) is 10.6. The van der Waals surface area contributed by atoms with Gasteiger partial charge in [0.2, 0.25) is 0 Å². The van der Waals surface area contributed by atoms with Gasteiger partial charge in [0.25, 0.3) is 11.8 Å². The Bertz CT molecular complexity index is 973. The van der Waals surface area contributed by atoms with E-state index in [0.717, 1.165) is 55.4 Å². The van der Waals surface area contributed by atoms with Crippen molar-refractivity contribution in [3.63, 3.8) is 0 Å². The van der Waals surface area contributed by atoms with Gasteiger partial charge in [-0.05, 0) is 62.1 Å².